The number of hydrogen-bond donors (Lipinski definition) is 1. The Morgan fingerprint density at radius 3 is 2.57 bits per heavy atom. The number of carbonyl (C=O) groups excluding carboxylic acids is 2. The lowest BCUT2D eigenvalue weighted by Crippen LogP contribution is -2.34. The van der Waals surface area contributed by atoms with Gasteiger partial charge in [0.05, 0.1) is 13.1 Å². The summed E-state index contributed by atoms with van der Waals surface area (Å²) >= 11 is 0. The van der Waals surface area contributed by atoms with Gasteiger partial charge >= 0.3 is 6.09 Å². The number of carbonyl (C=O) groups is 2. The first-order valence-corrected chi connectivity index (χ1v) is 7.51. The standard InChI is InChI=1S/C18H18N2O3/c1-13-7-9-15(10-8-13)20-12-16(23-18(20)22)11-19-17(21)14-5-3-2-4-6-14/h2-10,16H,11-12H2,1H3,(H,19,21). The smallest absolute Gasteiger partial charge is 0.414 e. The first kappa shape index (κ1) is 15.1. The number of rotatable bonds is 4. The maximum atomic E-state index is 12.0. The third kappa shape index (κ3) is 3.51. The van der Waals surface area contributed by atoms with E-state index in [1.165, 1.54) is 0 Å². The Hall–Kier alpha value is -2.82. The molecule has 5 nitrogen and oxygen atoms in total. The van der Waals surface area contributed by atoms with Crippen molar-refractivity contribution in [2.45, 2.75) is 13.0 Å². The van der Waals surface area contributed by atoms with Crippen LogP contribution >= 0.6 is 0 Å². The summed E-state index contributed by atoms with van der Waals surface area (Å²) in [5.41, 5.74) is 2.53. The van der Waals surface area contributed by atoms with E-state index in [9.17, 15) is 9.59 Å². The molecule has 118 valence electrons. The molecule has 2 aromatic rings. The molecule has 5 heteroatoms. The molecule has 23 heavy (non-hydrogen) atoms. The van der Waals surface area contributed by atoms with Crippen LogP contribution in [0.4, 0.5) is 10.5 Å². The van der Waals surface area contributed by atoms with E-state index in [2.05, 4.69) is 5.32 Å². The van der Waals surface area contributed by atoms with Gasteiger partial charge in [-0.1, -0.05) is 35.9 Å². The molecule has 1 unspecified atom stereocenters. The van der Waals surface area contributed by atoms with Gasteiger partial charge in [-0.3, -0.25) is 9.69 Å². The van der Waals surface area contributed by atoms with Gasteiger partial charge in [-0.25, -0.2) is 4.79 Å². The second kappa shape index (κ2) is 6.52. The number of anilines is 1. The lowest BCUT2D eigenvalue weighted by molar-refractivity contribution is 0.0916. The summed E-state index contributed by atoms with van der Waals surface area (Å²) in [5.74, 6) is -0.171. The number of amides is 2. The van der Waals surface area contributed by atoms with E-state index in [1.54, 1.807) is 17.0 Å². The number of ether oxygens (including phenoxy) is 1. The molecule has 1 heterocycles. The molecule has 1 N–H and O–H groups in total. The normalized spacial score (nSPS) is 17.0. The number of aryl methyl sites for hydroxylation is 1. The van der Waals surface area contributed by atoms with Crippen molar-refractivity contribution < 1.29 is 14.3 Å². The second-order valence-corrected chi connectivity index (χ2v) is 5.53. The fraction of sp³-hybridized carbons (Fsp3) is 0.222. The van der Waals surface area contributed by atoms with Gasteiger partial charge in [0, 0.05) is 11.3 Å². The zero-order valence-electron chi connectivity index (χ0n) is 12.9. The van der Waals surface area contributed by atoms with Gasteiger partial charge in [-0.05, 0) is 31.2 Å². The van der Waals surface area contributed by atoms with Gasteiger partial charge in [0.25, 0.3) is 5.91 Å². The number of nitrogens with zero attached hydrogens (tertiary/aromatic N) is 1. The Morgan fingerprint density at radius 2 is 1.87 bits per heavy atom. The van der Waals surface area contributed by atoms with Gasteiger partial charge in [0.15, 0.2) is 0 Å². The van der Waals surface area contributed by atoms with Crippen LogP contribution in [0, 0.1) is 6.92 Å². The minimum atomic E-state index is -0.382. The van der Waals surface area contributed by atoms with E-state index in [4.69, 9.17) is 4.74 Å². The minimum absolute atomic E-state index is 0.171. The Bertz CT molecular complexity index is 698. The summed E-state index contributed by atoms with van der Waals surface area (Å²) in [4.78, 5) is 25.6. The van der Waals surface area contributed by atoms with Crippen LogP contribution in [0.15, 0.2) is 54.6 Å². The van der Waals surface area contributed by atoms with E-state index >= 15 is 0 Å². The summed E-state index contributed by atoms with van der Waals surface area (Å²) in [5, 5.41) is 2.80. The minimum Gasteiger partial charge on any atom is -0.442 e. The van der Waals surface area contributed by atoms with Crippen LogP contribution in [0.5, 0.6) is 0 Å². The van der Waals surface area contributed by atoms with Crippen molar-refractivity contribution in [3.63, 3.8) is 0 Å². The molecule has 0 bridgehead atoms. The lowest BCUT2D eigenvalue weighted by Gasteiger charge is -2.13. The average molecular weight is 310 g/mol. The molecule has 0 saturated carbocycles. The Kier molecular flexibility index (Phi) is 4.28. The highest BCUT2D eigenvalue weighted by Gasteiger charge is 2.32. The zero-order valence-corrected chi connectivity index (χ0v) is 12.9. The van der Waals surface area contributed by atoms with Gasteiger partial charge in [-0.15, -0.1) is 0 Å². The molecular weight excluding hydrogens is 292 g/mol. The molecule has 0 spiro atoms. The number of benzene rings is 2. The van der Waals surface area contributed by atoms with E-state index in [1.807, 2.05) is 49.4 Å². The SMILES string of the molecule is Cc1ccc(N2CC(CNC(=O)c3ccccc3)OC2=O)cc1. The van der Waals surface area contributed by atoms with Crippen molar-refractivity contribution in [3.8, 4) is 0 Å². The Labute approximate surface area is 134 Å². The Morgan fingerprint density at radius 1 is 1.17 bits per heavy atom. The summed E-state index contributed by atoms with van der Waals surface area (Å²) in [6, 6.07) is 16.6. The predicted octanol–water partition coefficient (Wildman–Crippen LogP) is 2.75. The summed E-state index contributed by atoms with van der Waals surface area (Å²) in [6.45, 7) is 2.72. The maximum Gasteiger partial charge on any atom is 0.414 e. The van der Waals surface area contributed by atoms with Crippen molar-refractivity contribution >= 4 is 17.7 Å². The van der Waals surface area contributed by atoms with E-state index in [0.29, 0.717) is 18.7 Å². The fourth-order valence-electron chi connectivity index (χ4n) is 2.46. The third-order valence-corrected chi connectivity index (χ3v) is 3.75. The monoisotopic (exact) mass is 310 g/mol. The molecule has 1 saturated heterocycles. The summed E-state index contributed by atoms with van der Waals surface area (Å²) in [6.07, 6.45) is -0.732. The number of cyclic esters (lactones) is 1. The first-order chi connectivity index (χ1) is 11.1. The zero-order chi connectivity index (χ0) is 16.2. The highest BCUT2D eigenvalue weighted by molar-refractivity contribution is 5.94. The molecule has 0 radical (unpaired) electrons. The van der Waals surface area contributed by atoms with Gasteiger partial charge < -0.3 is 10.1 Å². The molecule has 1 aliphatic heterocycles. The Balaban J connectivity index is 1.58. The van der Waals surface area contributed by atoms with Crippen LogP contribution in [0.2, 0.25) is 0 Å². The van der Waals surface area contributed by atoms with Crippen LogP contribution in [0.25, 0.3) is 0 Å². The highest BCUT2D eigenvalue weighted by atomic mass is 16.6. The van der Waals surface area contributed by atoms with Crippen molar-refractivity contribution in [1.82, 2.24) is 5.32 Å². The molecular formula is C18H18N2O3. The second-order valence-electron chi connectivity index (χ2n) is 5.53. The maximum absolute atomic E-state index is 12.0. The van der Waals surface area contributed by atoms with E-state index < -0.39 is 0 Å². The quantitative estimate of drug-likeness (QED) is 0.944. The van der Waals surface area contributed by atoms with Crippen molar-refractivity contribution in [3.05, 3.63) is 65.7 Å². The van der Waals surface area contributed by atoms with Crippen LogP contribution in [-0.2, 0) is 4.74 Å². The molecule has 2 amide bonds. The van der Waals surface area contributed by atoms with Crippen LogP contribution < -0.4 is 10.2 Å². The molecule has 2 aromatic carbocycles. The summed E-state index contributed by atoms with van der Waals surface area (Å²) in [7, 11) is 0. The first-order valence-electron chi connectivity index (χ1n) is 7.51. The predicted molar refractivity (Wildman–Crippen MR) is 87.6 cm³/mol. The van der Waals surface area contributed by atoms with Gasteiger partial charge in [0.1, 0.15) is 6.10 Å². The molecule has 1 fully saturated rings. The van der Waals surface area contributed by atoms with Gasteiger partial charge in [-0.2, -0.15) is 0 Å². The molecule has 1 aliphatic rings. The van der Waals surface area contributed by atoms with Gasteiger partial charge in [0.2, 0.25) is 0 Å². The number of nitrogens with one attached hydrogen (secondary N) is 1. The molecule has 0 aliphatic carbocycles. The van der Waals surface area contributed by atoms with Crippen LogP contribution in [0.3, 0.4) is 0 Å². The fourth-order valence-corrected chi connectivity index (χ4v) is 2.46. The van der Waals surface area contributed by atoms with E-state index in [-0.39, 0.29) is 18.1 Å². The molecule has 1 atom stereocenters. The topological polar surface area (TPSA) is 58.6 Å². The van der Waals surface area contributed by atoms with Crippen molar-refractivity contribution in [2.24, 2.45) is 0 Å². The van der Waals surface area contributed by atoms with Crippen LogP contribution in [0.1, 0.15) is 15.9 Å². The van der Waals surface area contributed by atoms with Crippen molar-refractivity contribution in [2.75, 3.05) is 18.0 Å². The van der Waals surface area contributed by atoms with E-state index in [0.717, 1.165) is 11.3 Å². The highest BCUT2D eigenvalue weighted by Crippen LogP contribution is 2.21. The largest absolute Gasteiger partial charge is 0.442 e. The average Bonchev–Trinajstić information content (AvgIpc) is 2.95. The van der Waals surface area contributed by atoms with Crippen LogP contribution in [-0.4, -0.2) is 31.2 Å². The summed E-state index contributed by atoms with van der Waals surface area (Å²) < 4.78 is 5.32. The third-order valence-electron chi connectivity index (χ3n) is 3.75. The number of hydrogen-bond acceptors (Lipinski definition) is 3. The van der Waals surface area contributed by atoms with Crippen molar-refractivity contribution in [1.29, 1.82) is 0 Å². The molecule has 0 aromatic heterocycles. The molecule has 3 rings (SSSR count). The lowest BCUT2D eigenvalue weighted by atomic mass is 10.2.